The van der Waals surface area contributed by atoms with Gasteiger partial charge in [-0.05, 0) is 48.5 Å². The maximum absolute atomic E-state index is 13.3. The van der Waals surface area contributed by atoms with Crippen LogP contribution in [0.4, 0.5) is 5.69 Å². The van der Waals surface area contributed by atoms with Gasteiger partial charge in [0.05, 0.1) is 33.1 Å². The zero-order chi connectivity index (χ0) is 20.3. The summed E-state index contributed by atoms with van der Waals surface area (Å²) in [5.41, 5.74) is 0.915. The number of carbonyl (C=O) groups excluding carboxylic acids is 1. The predicted octanol–water partition coefficient (Wildman–Crippen LogP) is 2.67. The molecule has 1 atom stereocenters. The van der Waals surface area contributed by atoms with Gasteiger partial charge < -0.3 is 19.1 Å². The summed E-state index contributed by atoms with van der Waals surface area (Å²) in [6.07, 6.45) is 1.53. The van der Waals surface area contributed by atoms with Crippen molar-refractivity contribution in [1.82, 2.24) is 0 Å². The molecule has 0 N–H and O–H groups in total. The highest BCUT2D eigenvalue weighted by Crippen LogP contribution is 2.31. The minimum absolute atomic E-state index is 0.169. The third-order valence-corrected chi connectivity index (χ3v) is 5.82. The highest BCUT2D eigenvalue weighted by atomic mass is 32.2. The first kappa shape index (κ1) is 19.8. The fraction of sp³-hybridized carbons (Fsp3) is 0.250. The van der Waals surface area contributed by atoms with E-state index in [-0.39, 0.29) is 11.7 Å². The van der Waals surface area contributed by atoms with Gasteiger partial charge in [-0.15, -0.1) is 0 Å². The molecule has 1 aliphatic rings. The van der Waals surface area contributed by atoms with Crippen molar-refractivity contribution in [2.45, 2.75) is 6.04 Å². The van der Waals surface area contributed by atoms with Crippen LogP contribution in [0.5, 0.6) is 17.2 Å². The number of ether oxygens (including phenoxy) is 3. The standard InChI is InChI=1S/C20H21NO6S/c1-25-17-7-5-15(6-8-17)21(16-10-11-28(23,24)13-16)20(22)14-4-9-18(26-2)19(12-14)27-3/h4-12,16H,13H2,1-3H3/t16-/m0/s1. The van der Waals surface area contributed by atoms with E-state index in [1.807, 2.05) is 0 Å². The van der Waals surface area contributed by atoms with E-state index in [2.05, 4.69) is 0 Å². The second-order valence-electron chi connectivity index (χ2n) is 6.17. The van der Waals surface area contributed by atoms with Crippen LogP contribution in [-0.2, 0) is 9.84 Å². The van der Waals surface area contributed by atoms with Crippen molar-refractivity contribution in [2.75, 3.05) is 32.0 Å². The number of benzene rings is 2. The van der Waals surface area contributed by atoms with Crippen LogP contribution in [0, 0.1) is 0 Å². The number of carbonyl (C=O) groups is 1. The summed E-state index contributed by atoms with van der Waals surface area (Å²) >= 11 is 0. The Balaban J connectivity index is 2.03. The summed E-state index contributed by atoms with van der Waals surface area (Å²) in [4.78, 5) is 14.8. The minimum atomic E-state index is -3.34. The van der Waals surface area contributed by atoms with Crippen molar-refractivity contribution in [3.05, 3.63) is 59.5 Å². The molecule has 0 bridgehead atoms. The molecule has 7 nitrogen and oxygen atoms in total. The molecule has 28 heavy (non-hydrogen) atoms. The predicted molar refractivity (Wildman–Crippen MR) is 106 cm³/mol. The smallest absolute Gasteiger partial charge is 0.258 e. The Morgan fingerprint density at radius 1 is 0.964 bits per heavy atom. The molecule has 0 spiro atoms. The Morgan fingerprint density at radius 3 is 2.18 bits per heavy atom. The molecule has 0 radical (unpaired) electrons. The van der Waals surface area contributed by atoms with Crippen LogP contribution in [0.15, 0.2) is 53.9 Å². The summed E-state index contributed by atoms with van der Waals surface area (Å²) in [7, 11) is 1.20. The Bertz CT molecular complexity index is 998. The summed E-state index contributed by atoms with van der Waals surface area (Å²) in [5.74, 6) is 1.03. The van der Waals surface area contributed by atoms with Crippen LogP contribution in [0.1, 0.15) is 10.4 Å². The molecular formula is C20H21NO6S. The lowest BCUT2D eigenvalue weighted by atomic mass is 10.1. The fourth-order valence-electron chi connectivity index (χ4n) is 3.03. The minimum Gasteiger partial charge on any atom is -0.497 e. The maximum Gasteiger partial charge on any atom is 0.258 e. The molecule has 1 heterocycles. The number of nitrogens with zero attached hydrogens (tertiary/aromatic N) is 1. The van der Waals surface area contributed by atoms with E-state index in [1.54, 1.807) is 49.6 Å². The van der Waals surface area contributed by atoms with E-state index in [0.717, 1.165) is 5.41 Å². The van der Waals surface area contributed by atoms with Crippen LogP contribution in [0.25, 0.3) is 0 Å². The number of hydrogen-bond acceptors (Lipinski definition) is 6. The van der Waals surface area contributed by atoms with E-state index in [9.17, 15) is 13.2 Å². The van der Waals surface area contributed by atoms with Gasteiger partial charge in [0.1, 0.15) is 5.75 Å². The second kappa shape index (κ2) is 7.93. The summed E-state index contributed by atoms with van der Waals surface area (Å²) < 4.78 is 39.5. The monoisotopic (exact) mass is 403 g/mol. The molecule has 1 aliphatic heterocycles. The molecule has 148 valence electrons. The highest BCUT2D eigenvalue weighted by Gasteiger charge is 2.32. The van der Waals surface area contributed by atoms with Gasteiger partial charge in [-0.1, -0.05) is 0 Å². The topological polar surface area (TPSA) is 82.1 Å². The fourth-order valence-corrected chi connectivity index (χ4v) is 4.30. The molecule has 0 unspecified atom stereocenters. The molecule has 0 aliphatic carbocycles. The molecule has 0 fully saturated rings. The summed E-state index contributed by atoms with van der Waals surface area (Å²) in [6.45, 7) is 0. The third-order valence-electron chi connectivity index (χ3n) is 4.44. The van der Waals surface area contributed by atoms with Crippen molar-refractivity contribution < 1.29 is 27.4 Å². The normalized spacial score (nSPS) is 17.2. The zero-order valence-electron chi connectivity index (χ0n) is 15.8. The Hall–Kier alpha value is -3.00. The van der Waals surface area contributed by atoms with E-state index in [1.165, 1.54) is 25.2 Å². The number of methoxy groups -OCH3 is 3. The van der Waals surface area contributed by atoms with Crippen LogP contribution >= 0.6 is 0 Å². The van der Waals surface area contributed by atoms with E-state index in [0.29, 0.717) is 28.5 Å². The summed E-state index contributed by atoms with van der Waals surface area (Å²) in [5, 5.41) is 1.15. The van der Waals surface area contributed by atoms with Crippen molar-refractivity contribution in [2.24, 2.45) is 0 Å². The Morgan fingerprint density at radius 2 is 1.64 bits per heavy atom. The zero-order valence-corrected chi connectivity index (χ0v) is 16.6. The lowest BCUT2D eigenvalue weighted by Gasteiger charge is -2.28. The van der Waals surface area contributed by atoms with Gasteiger partial charge in [-0.25, -0.2) is 8.42 Å². The molecular weight excluding hydrogens is 382 g/mol. The van der Waals surface area contributed by atoms with Gasteiger partial charge in [-0.3, -0.25) is 4.79 Å². The van der Waals surface area contributed by atoms with E-state index >= 15 is 0 Å². The molecule has 2 aromatic rings. The molecule has 0 aromatic heterocycles. The number of anilines is 1. The van der Waals surface area contributed by atoms with Gasteiger partial charge in [0.2, 0.25) is 0 Å². The summed E-state index contributed by atoms with van der Waals surface area (Å²) in [6, 6.07) is 11.1. The third kappa shape index (κ3) is 3.96. The second-order valence-corrected chi connectivity index (χ2v) is 8.10. The van der Waals surface area contributed by atoms with Gasteiger partial charge in [0, 0.05) is 16.7 Å². The van der Waals surface area contributed by atoms with Gasteiger partial charge in [-0.2, -0.15) is 0 Å². The number of amides is 1. The molecule has 0 saturated heterocycles. The Kier molecular flexibility index (Phi) is 5.60. The van der Waals surface area contributed by atoms with Gasteiger partial charge in [0.25, 0.3) is 5.91 Å². The molecule has 0 saturated carbocycles. The molecule has 3 rings (SSSR count). The largest absolute Gasteiger partial charge is 0.497 e. The van der Waals surface area contributed by atoms with Crippen LogP contribution in [0.3, 0.4) is 0 Å². The van der Waals surface area contributed by atoms with Crippen molar-refractivity contribution >= 4 is 21.4 Å². The highest BCUT2D eigenvalue weighted by molar-refractivity contribution is 7.94. The average Bonchev–Trinajstić information content (AvgIpc) is 3.07. The van der Waals surface area contributed by atoms with Crippen molar-refractivity contribution in [3.63, 3.8) is 0 Å². The molecule has 1 amide bonds. The lowest BCUT2D eigenvalue weighted by molar-refractivity contribution is 0.0982. The first-order chi connectivity index (χ1) is 13.4. The first-order valence-corrected chi connectivity index (χ1v) is 10.2. The molecule has 2 aromatic carbocycles. The molecule has 8 heteroatoms. The SMILES string of the molecule is COc1ccc(N(C(=O)c2ccc(OC)c(OC)c2)[C@H]2C=CS(=O)(=O)C2)cc1. The first-order valence-electron chi connectivity index (χ1n) is 8.49. The van der Waals surface area contributed by atoms with Crippen molar-refractivity contribution in [3.8, 4) is 17.2 Å². The number of sulfone groups is 1. The number of hydrogen-bond donors (Lipinski definition) is 0. The average molecular weight is 403 g/mol. The van der Waals surface area contributed by atoms with Gasteiger partial charge >= 0.3 is 0 Å². The maximum atomic E-state index is 13.3. The van der Waals surface area contributed by atoms with E-state index in [4.69, 9.17) is 14.2 Å². The van der Waals surface area contributed by atoms with Crippen LogP contribution in [-0.4, -0.2) is 47.4 Å². The van der Waals surface area contributed by atoms with E-state index < -0.39 is 15.9 Å². The van der Waals surface area contributed by atoms with Crippen LogP contribution < -0.4 is 19.1 Å². The quantitative estimate of drug-likeness (QED) is 0.738. The van der Waals surface area contributed by atoms with Crippen molar-refractivity contribution in [1.29, 1.82) is 0 Å². The van der Waals surface area contributed by atoms with Gasteiger partial charge in [0.15, 0.2) is 21.3 Å². The number of rotatable bonds is 6. The Labute approximate surface area is 164 Å². The van der Waals surface area contributed by atoms with Crippen LogP contribution in [0.2, 0.25) is 0 Å². The lowest BCUT2D eigenvalue weighted by Crippen LogP contribution is -2.41.